The number of carbonyl (C=O) groups excluding carboxylic acids is 2. The second kappa shape index (κ2) is 11.8. The van der Waals surface area contributed by atoms with Gasteiger partial charge in [0.2, 0.25) is 5.91 Å². The summed E-state index contributed by atoms with van der Waals surface area (Å²) >= 11 is 6.96. The SMILES string of the molecule is CCC(Sc1cccc(NC(=S)Nc2ccc(C(C)=O)cc2)c1)C(=O)Nc1cccc(C)c1C. The second-order valence-electron chi connectivity index (χ2n) is 7.99. The number of ketones is 1. The summed E-state index contributed by atoms with van der Waals surface area (Å²) in [6, 6.07) is 20.9. The number of hydrogen-bond donors (Lipinski definition) is 3. The van der Waals surface area contributed by atoms with Gasteiger partial charge in [0.05, 0.1) is 5.25 Å². The van der Waals surface area contributed by atoms with E-state index in [9.17, 15) is 9.59 Å². The Morgan fingerprint density at radius 2 is 1.59 bits per heavy atom. The minimum atomic E-state index is -0.222. The maximum absolute atomic E-state index is 12.9. The number of thioether (sulfide) groups is 1. The third-order valence-corrected chi connectivity index (χ3v) is 7.01. The van der Waals surface area contributed by atoms with Crippen LogP contribution in [0.4, 0.5) is 17.1 Å². The molecule has 5 nitrogen and oxygen atoms in total. The summed E-state index contributed by atoms with van der Waals surface area (Å²) in [5.41, 5.74) is 5.36. The van der Waals surface area contributed by atoms with Gasteiger partial charge in [0.25, 0.3) is 0 Å². The number of hydrogen-bond acceptors (Lipinski definition) is 4. The molecule has 7 heteroatoms. The largest absolute Gasteiger partial charge is 0.332 e. The zero-order valence-electron chi connectivity index (χ0n) is 19.8. The van der Waals surface area contributed by atoms with E-state index in [1.165, 1.54) is 18.7 Å². The predicted molar refractivity (Wildman–Crippen MR) is 147 cm³/mol. The molecule has 3 N–H and O–H groups in total. The first-order valence-electron chi connectivity index (χ1n) is 11.1. The number of aryl methyl sites for hydroxylation is 1. The predicted octanol–water partition coefficient (Wildman–Crippen LogP) is 6.82. The molecule has 0 fully saturated rings. The van der Waals surface area contributed by atoms with Gasteiger partial charge in [-0.15, -0.1) is 11.8 Å². The summed E-state index contributed by atoms with van der Waals surface area (Å²) in [6.07, 6.45) is 0.704. The lowest BCUT2D eigenvalue weighted by Crippen LogP contribution is -2.25. The molecule has 0 saturated carbocycles. The summed E-state index contributed by atoms with van der Waals surface area (Å²) in [5, 5.41) is 9.60. The highest BCUT2D eigenvalue weighted by atomic mass is 32.2. The number of anilines is 3. The van der Waals surface area contributed by atoms with Crippen LogP contribution in [-0.4, -0.2) is 22.1 Å². The minimum Gasteiger partial charge on any atom is -0.332 e. The van der Waals surface area contributed by atoms with Crippen molar-refractivity contribution in [3.05, 3.63) is 83.4 Å². The Hall–Kier alpha value is -3.16. The van der Waals surface area contributed by atoms with Crippen LogP contribution in [0.25, 0.3) is 0 Å². The van der Waals surface area contributed by atoms with E-state index in [1.807, 2.05) is 75.4 Å². The van der Waals surface area contributed by atoms with E-state index >= 15 is 0 Å². The highest BCUT2D eigenvalue weighted by molar-refractivity contribution is 8.00. The number of nitrogens with one attached hydrogen (secondary N) is 3. The lowest BCUT2D eigenvalue weighted by molar-refractivity contribution is -0.115. The van der Waals surface area contributed by atoms with E-state index in [0.717, 1.165) is 33.1 Å². The van der Waals surface area contributed by atoms with Crippen molar-refractivity contribution in [2.75, 3.05) is 16.0 Å². The van der Waals surface area contributed by atoms with Gasteiger partial charge < -0.3 is 16.0 Å². The van der Waals surface area contributed by atoms with Crippen LogP contribution in [0, 0.1) is 13.8 Å². The lowest BCUT2D eigenvalue weighted by atomic mass is 10.1. The Labute approximate surface area is 210 Å². The molecule has 0 spiro atoms. The Balaban J connectivity index is 1.62. The fourth-order valence-corrected chi connectivity index (χ4v) is 4.56. The number of carbonyl (C=O) groups is 2. The van der Waals surface area contributed by atoms with E-state index in [-0.39, 0.29) is 16.9 Å². The smallest absolute Gasteiger partial charge is 0.237 e. The van der Waals surface area contributed by atoms with Gasteiger partial charge in [0, 0.05) is 27.5 Å². The fourth-order valence-electron chi connectivity index (χ4n) is 3.32. The maximum Gasteiger partial charge on any atom is 0.237 e. The number of benzene rings is 3. The second-order valence-corrected chi connectivity index (χ2v) is 9.68. The highest BCUT2D eigenvalue weighted by Crippen LogP contribution is 2.29. The van der Waals surface area contributed by atoms with Crippen molar-refractivity contribution in [2.45, 2.75) is 44.3 Å². The van der Waals surface area contributed by atoms with Crippen LogP contribution in [0.1, 0.15) is 41.8 Å². The van der Waals surface area contributed by atoms with Crippen molar-refractivity contribution in [2.24, 2.45) is 0 Å². The first kappa shape index (κ1) is 25.5. The van der Waals surface area contributed by atoms with Crippen molar-refractivity contribution < 1.29 is 9.59 Å². The number of thiocarbonyl (C=S) groups is 1. The van der Waals surface area contributed by atoms with Crippen LogP contribution in [0.2, 0.25) is 0 Å². The van der Waals surface area contributed by atoms with E-state index in [1.54, 1.807) is 12.1 Å². The van der Waals surface area contributed by atoms with Gasteiger partial charge in [-0.2, -0.15) is 0 Å². The molecule has 3 aromatic carbocycles. The van der Waals surface area contributed by atoms with Crippen molar-refractivity contribution in [1.82, 2.24) is 0 Å². The molecule has 0 aromatic heterocycles. The average Bonchev–Trinajstić information content (AvgIpc) is 2.81. The molecule has 0 radical (unpaired) electrons. The quantitative estimate of drug-likeness (QED) is 0.182. The lowest BCUT2D eigenvalue weighted by Gasteiger charge is -2.17. The summed E-state index contributed by atoms with van der Waals surface area (Å²) in [4.78, 5) is 25.3. The Morgan fingerprint density at radius 1 is 0.912 bits per heavy atom. The van der Waals surface area contributed by atoms with Crippen LogP contribution in [-0.2, 0) is 4.79 Å². The molecule has 0 aliphatic heterocycles. The van der Waals surface area contributed by atoms with E-state index in [4.69, 9.17) is 12.2 Å². The molecule has 176 valence electrons. The van der Waals surface area contributed by atoms with Gasteiger partial charge in [0.15, 0.2) is 10.9 Å². The van der Waals surface area contributed by atoms with Gasteiger partial charge >= 0.3 is 0 Å². The summed E-state index contributed by atoms with van der Waals surface area (Å²) in [6.45, 7) is 7.60. The standard InChI is InChI=1S/C27H29N3O2S2/c1-5-25(26(32)30-24-11-6-8-17(2)18(24)3)34-23-10-7-9-22(16-23)29-27(33)28-21-14-12-20(13-15-21)19(4)31/h6-16,25H,5H2,1-4H3,(H,30,32)(H2,28,29,33). The molecule has 0 bridgehead atoms. The van der Waals surface area contributed by atoms with E-state index in [2.05, 4.69) is 16.0 Å². The molecule has 1 amide bonds. The first-order chi connectivity index (χ1) is 16.3. The highest BCUT2D eigenvalue weighted by Gasteiger charge is 2.19. The molecule has 1 atom stereocenters. The molecule has 0 heterocycles. The number of Topliss-reactive ketones (excluding diaryl/α,β-unsaturated/α-hetero) is 1. The molecule has 3 rings (SSSR count). The van der Waals surface area contributed by atoms with Crippen LogP contribution in [0.15, 0.2) is 71.6 Å². The number of rotatable bonds is 8. The first-order valence-corrected chi connectivity index (χ1v) is 12.4. The molecule has 1 unspecified atom stereocenters. The van der Waals surface area contributed by atoms with Crippen molar-refractivity contribution >= 4 is 57.8 Å². The summed E-state index contributed by atoms with van der Waals surface area (Å²) in [7, 11) is 0. The third kappa shape index (κ3) is 6.92. The molecule has 0 aliphatic carbocycles. The maximum atomic E-state index is 12.9. The van der Waals surface area contributed by atoms with Gasteiger partial charge in [-0.25, -0.2) is 0 Å². The monoisotopic (exact) mass is 491 g/mol. The van der Waals surface area contributed by atoms with Crippen molar-refractivity contribution in [3.63, 3.8) is 0 Å². The molecule has 34 heavy (non-hydrogen) atoms. The van der Waals surface area contributed by atoms with Gasteiger partial charge in [-0.3, -0.25) is 9.59 Å². The molecule has 0 saturated heterocycles. The van der Waals surface area contributed by atoms with Crippen molar-refractivity contribution in [3.8, 4) is 0 Å². The van der Waals surface area contributed by atoms with Crippen LogP contribution in [0.5, 0.6) is 0 Å². The molecular formula is C27H29N3O2S2. The summed E-state index contributed by atoms with van der Waals surface area (Å²) < 4.78 is 0. The van der Waals surface area contributed by atoms with Gasteiger partial charge in [-0.05, 0) is 99.1 Å². The summed E-state index contributed by atoms with van der Waals surface area (Å²) in [5.74, 6) is 0.0143. The third-order valence-electron chi connectivity index (χ3n) is 5.45. The zero-order valence-corrected chi connectivity index (χ0v) is 21.4. The van der Waals surface area contributed by atoms with Gasteiger partial charge in [-0.1, -0.05) is 25.1 Å². The topological polar surface area (TPSA) is 70.2 Å². The molecule has 0 aliphatic rings. The molecular weight excluding hydrogens is 462 g/mol. The molecule has 3 aromatic rings. The average molecular weight is 492 g/mol. The zero-order chi connectivity index (χ0) is 24.7. The van der Waals surface area contributed by atoms with Crippen molar-refractivity contribution in [1.29, 1.82) is 0 Å². The van der Waals surface area contributed by atoms with E-state index in [0.29, 0.717) is 17.1 Å². The minimum absolute atomic E-state index is 0.00856. The fraction of sp³-hybridized carbons (Fsp3) is 0.222. The Morgan fingerprint density at radius 3 is 2.26 bits per heavy atom. The Kier molecular flexibility index (Phi) is 8.85. The van der Waals surface area contributed by atoms with Crippen LogP contribution in [0.3, 0.4) is 0 Å². The Bertz CT molecular complexity index is 1190. The van der Waals surface area contributed by atoms with Crippen LogP contribution < -0.4 is 16.0 Å². The normalized spacial score (nSPS) is 11.4. The number of amides is 1. The van der Waals surface area contributed by atoms with Crippen LogP contribution >= 0.6 is 24.0 Å². The van der Waals surface area contributed by atoms with Gasteiger partial charge in [0.1, 0.15) is 0 Å². The van der Waals surface area contributed by atoms with E-state index < -0.39 is 0 Å².